The van der Waals surface area contributed by atoms with Crippen LogP contribution < -0.4 is 25.0 Å². The van der Waals surface area contributed by atoms with Crippen LogP contribution in [-0.2, 0) is 21.4 Å². The number of benzene rings is 2. The minimum atomic E-state index is -5.00. The quantitative estimate of drug-likeness (QED) is 0.316. The van der Waals surface area contributed by atoms with Gasteiger partial charge in [-0.1, -0.05) is 12.1 Å². The molecule has 1 saturated heterocycles. The molecule has 1 aromatic heterocycles. The fourth-order valence-electron chi connectivity index (χ4n) is 4.55. The van der Waals surface area contributed by atoms with Gasteiger partial charge in [0.2, 0.25) is 15.9 Å². The predicted octanol–water partition coefficient (Wildman–Crippen LogP) is 4.00. The molecular formula is C29H30F6N6O6S. The smallest absolute Gasteiger partial charge is 0.406 e. The van der Waals surface area contributed by atoms with E-state index in [0.29, 0.717) is 5.56 Å². The molecule has 0 bridgehead atoms. The zero-order valence-electron chi connectivity index (χ0n) is 25.6. The maximum atomic E-state index is 13.7. The van der Waals surface area contributed by atoms with E-state index < -0.39 is 62.5 Å². The van der Waals surface area contributed by atoms with Gasteiger partial charge in [-0.15, -0.1) is 26.3 Å². The van der Waals surface area contributed by atoms with Gasteiger partial charge >= 0.3 is 12.7 Å². The maximum Gasteiger partial charge on any atom is 0.573 e. The third-order valence-electron chi connectivity index (χ3n) is 6.60. The Morgan fingerprint density at radius 2 is 1.42 bits per heavy atom. The summed E-state index contributed by atoms with van der Waals surface area (Å²) in [6.45, 7) is 4.66. The van der Waals surface area contributed by atoms with Crippen molar-refractivity contribution >= 4 is 27.7 Å². The average Bonchev–Trinajstić information content (AvgIpc) is 2.98. The van der Waals surface area contributed by atoms with Crippen molar-refractivity contribution < 1.29 is 53.8 Å². The van der Waals surface area contributed by atoms with Crippen LogP contribution in [0.2, 0.25) is 0 Å². The van der Waals surface area contributed by atoms with E-state index in [1.54, 1.807) is 25.7 Å². The number of nitrogens with zero attached hydrogens (tertiary/aromatic N) is 4. The Morgan fingerprint density at radius 1 is 0.854 bits per heavy atom. The van der Waals surface area contributed by atoms with Gasteiger partial charge in [-0.3, -0.25) is 9.59 Å². The average molecular weight is 705 g/mol. The highest BCUT2D eigenvalue weighted by Gasteiger charge is 2.41. The summed E-state index contributed by atoms with van der Waals surface area (Å²) in [5.41, 5.74) is -0.145. The SMILES string of the molecule is CC(C)(C)NC(=O)c1cnc(N2CCN(S(=O)(=O)c3ccc(OC(F)(F)F)cc3)[C@@H](C(=O)NCc3ccc(OC(F)(F)F)cc3)C2)cn1. The Labute approximate surface area is 271 Å². The van der Waals surface area contributed by atoms with Crippen molar-refractivity contribution in [2.45, 2.75) is 56.5 Å². The highest BCUT2D eigenvalue weighted by atomic mass is 32.2. The van der Waals surface area contributed by atoms with Crippen LogP contribution in [0.4, 0.5) is 32.2 Å². The number of nitrogens with one attached hydrogen (secondary N) is 2. The van der Waals surface area contributed by atoms with Crippen molar-refractivity contribution in [1.29, 1.82) is 0 Å². The van der Waals surface area contributed by atoms with Crippen molar-refractivity contribution in [3.8, 4) is 11.5 Å². The summed E-state index contributed by atoms with van der Waals surface area (Å²) in [4.78, 5) is 35.6. The molecule has 1 atom stereocenters. The van der Waals surface area contributed by atoms with E-state index in [4.69, 9.17) is 0 Å². The van der Waals surface area contributed by atoms with Crippen molar-refractivity contribution in [3.63, 3.8) is 0 Å². The molecule has 2 heterocycles. The molecule has 48 heavy (non-hydrogen) atoms. The molecular weight excluding hydrogens is 674 g/mol. The monoisotopic (exact) mass is 704 g/mol. The van der Waals surface area contributed by atoms with E-state index in [9.17, 15) is 44.3 Å². The minimum absolute atomic E-state index is 0.0150. The molecule has 260 valence electrons. The summed E-state index contributed by atoms with van der Waals surface area (Å²) >= 11 is 0. The third-order valence-corrected chi connectivity index (χ3v) is 8.53. The molecule has 0 aliphatic carbocycles. The van der Waals surface area contributed by atoms with Gasteiger partial charge in [0.1, 0.15) is 29.1 Å². The molecule has 3 aromatic rings. The number of piperazine rings is 1. The number of anilines is 1. The highest BCUT2D eigenvalue weighted by molar-refractivity contribution is 7.89. The lowest BCUT2D eigenvalue weighted by Crippen LogP contribution is -2.60. The number of hydrogen-bond acceptors (Lipinski definition) is 9. The van der Waals surface area contributed by atoms with Crippen molar-refractivity contribution in [1.82, 2.24) is 24.9 Å². The highest BCUT2D eigenvalue weighted by Crippen LogP contribution is 2.28. The number of aromatic nitrogens is 2. The van der Waals surface area contributed by atoms with Crippen LogP contribution in [0.5, 0.6) is 11.5 Å². The zero-order valence-corrected chi connectivity index (χ0v) is 26.4. The Balaban J connectivity index is 1.56. The topological polar surface area (TPSA) is 143 Å². The lowest BCUT2D eigenvalue weighted by Gasteiger charge is -2.40. The first kappa shape index (κ1) is 36.2. The van der Waals surface area contributed by atoms with Crippen LogP contribution in [0.3, 0.4) is 0 Å². The van der Waals surface area contributed by atoms with Crippen LogP contribution in [0.25, 0.3) is 0 Å². The van der Waals surface area contributed by atoms with E-state index >= 15 is 0 Å². The minimum Gasteiger partial charge on any atom is -0.406 e. The summed E-state index contributed by atoms with van der Waals surface area (Å²) in [6.07, 6.45) is -7.37. The van der Waals surface area contributed by atoms with E-state index in [1.807, 2.05) is 0 Å². The van der Waals surface area contributed by atoms with Gasteiger partial charge in [-0.05, 0) is 62.7 Å². The number of hydrogen-bond donors (Lipinski definition) is 2. The van der Waals surface area contributed by atoms with Gasteiger partial charge in [0.05, 0.1) is 17.3 Å². The van der Waals surface area contributed by atoms with Crippen molar-refractivity contribution in [2.24, 2.45) is 0 Å². The standard InChI is InChI=1S/C29H30F6N6O6S/c1-27(2,3)39-25(42)22-15-37-24(16-36-22)40-12-13-41(48(44,45)21-10-8-20(9-11-21)47-29(33,34)35)23(17-40)26(43)38-14-18-4-6-19(7-5-18)46-28(30,31)32/h4-11,15-16,23H,12-14,17H2,1-3H3,(H,38,43)(H,39,42)/t23-/m1/s1. The first-order chi connectivity index (χ1) is 22.2. The number of ether oxygens (including phenoxy) is 2. The van der Waals surface area contributed by atoms with Gasteiger partial charge in [-0.2, -0.15) is 4.31 Å². The van der Waals surface area contributed by atoms with E-state index in [2.05, 4.69) is 30.1 Å². The van der Waals surface area contributed by atoms with Crippen molar-refractivity contribution in [3.05, 3.63) is 72.2 Å². The van der Waals surface area contributed by atoms with Crippen LogP contribution >= 0.6 is 0 Å². The lowest BCUT2D eigenvalue weighted by molar-refractivity contribution is -0.275. The largest absolute Gasteiger partial charge is 0.573 e. The summed E-state index contributed by atoms with van der Waals surface area (Å²) in [5, 5.41) is 5.32. The summed E-state index contributed by atoms with van der Waals surface area (Å²) in [5.74, 6) is -2.16. The number of halogens is 6. The Morgan fingerprint density at radius 3 is 1.92 bits per heavy atom. The molecule has 2 amide bonds. The van der Waals surface area contributed by atoms with Crippen molar-refractivity contribution in [2.75, 3.05) is 24.5 Å². The van der Waals surface area contributed by atoms with Gasteiger partial charge < -0.3 is 25.0 Å². The molecule has 1 fully saturated rings. The first-order valence-electron chi connectivity index (χ1n) is 14.1. The Bertz CT molecular complexity index is 1700. The van der Waals surface area contributed by atoms with Crippen LogP contribution in [0.15, 0.2) is 65.8 Å². The zero-order chi connectivity index (χ0) is 35.5. The van der Waals surface area contributed by atoms with Crippen LogP contribution in [0.1, 0.15) is 36.8 Å². The molecule has 4 rings (SSSR count). The van der Waals surface area contributed by atoms with E-state index in [0.717, 1.165) is 40.7 Å². The summed E-state index contributed by atoms with van der Waals surface area (Å²) in [7, 11) is -4.47. The maximum absolute atomic E-state index is 13.7. The second-order valence-electron chi connectivity index (χ2n) is 11.5. The van der Waals surface area contributed by atoms with E-state index in [1.165, 1.54) is 24.5 Å². The van der Waals surface area contributed by atoms with Crippen LogP contribution in [-0.4, -0.2) is 78.4 Å². The number of alkyl halides is 6. The predicted molar refractivity (Wildman–Crippen MR) is 157 cm³/mol. The van der Waals surface area contributed by atoms with Gasteiger partial charge in [0, 0.05) is 31.7 Å². The first-order valence-corrected chi connectivity index (χ1v) is 15.5. The molecule has 12 nitrogen and oxygen atoms in total. The number of rotatable bonds is 9. The second kappa shape index (κ2) is 13.8. The number of amides is 2. The van der Waals surface area contributed by atoms with Gasteiger partial charge in [0.15, 0.2) is 0 Å². The Hall–Kier alpha value is -4.65. The lowest BCUT2D eigenvalue weighted by atomic mass is 10.1. The fourth-order valence-corrected chi connectivity index (χ4v) is 6.12. The van der Waals surface area contributed by atoms with Gasteiger partial charge in [-0.25, -0.2) is 18.4 Å². The molecule has 0 spiro atoms. The number of carbonyl (C=O) groups is 2. The molecule has 1 aliphatic heterocycles. The molecule has 2 N–H and O–H groups in total. The molecule has 1 aliphatic rings. The number of sulfonamides is 1. The molecule has 19 heteroatoms. The molecule has 0 saturated carbocycles. The normalized spacial score (nSPS) is 16.3. The Kier molecular flexibility index (Phi) is 10.4. The second-order valence-corrected chi connectivity index (χ2v) is 13.4. The molecule has 0 radical (unpaired) electrons. The van der Waals surface area contributed by atoms with Gasteiger partial charge in [0.25, 0.3) is 5.91 Å². The summed E-state index contributed by atoms with van der Waals surface area (Å²) < 4.78 is 111. The molecule has 0 unspecified atom stereocenters. The fraction of sp³-hybridized carbons (Fsp3) is 0.379. The van der Waals surface area contributed by atoms with Crippen LogP contribution in [0, 0.1) is 0 Å². The third kappa shape index (κ3) is 9.93. The molecule has 2 aromatic carbocycles. The number of carbonyl (C=O) groups excluding carboxylic acids is 2. The summed E-state index contributed by atoms with van der Waals surface area (Å²) in [6, 6.07) is 6.71. The van der Waals surface area contributed by atoms with E-state index in [-0.39, 0.29) is 37.7 Å².